The van der Waals surface area contributed by atoms with Gasteiger partial charge in [0.2, 0.25) is 0 Å². The number of hydrogen-bond donors (Lipinski definition) is 0. The van der Waals surface area contributed by atoms with Crippen molar-refractivity contribution in [2.24, 2.45) is 4.99 Å². The highest BCUT2D eigenvalue weighted by Gasteiger charge is 2.16. The van der Waals surface area contributed by atoms with Crippen molar-refractivity contribution in [1.82, 2.24) is 9.78 Å². The number of ether oxygens (including phenoxy) is 1. The van der Waals surface area contributed by atoms with Crippen molar-refractivity contribution in [2.75, 3.05) is 6.61 Å². The monoisotopic (exact) mass is 323 g/mol. The van der Waals surface area contributed by atoms with Gasteiger partial charge in [-0.15, -0.1) is 0 Å². The normalized spacial score (nSPS) is 12.5. The number of aromatic nitrogens is 2. The summed E-state index contributed by atoms with van der Waals surface area (Å²) in [6, 6.07) is 9.62. The Morgan fingerprint density at radius 2 is 2.08 bits per heavy atom. The molecule has 0 fully saturated rings. The number of esters is 1. The van der Waals surface area contributed by atoms with Gasteiger partial charge in [0.25, 0.3) is 0 Å². The molecule has 2 aromatic rings. The molecule has 0 radical (unpaired) electrons. The SMILES string of the molecule is C=NC(=C(C)C(=CC)C(=O)OCC)c1ccc(-n2cccn2)cc1. The van der Waals surface area contributed by atoms with E-state index in [4.69, 9.17) is 4.74 Å². The van der Waals surface area contributed by atoms with Gasteiger partial charge in [0.1, 0.15) is 0 Å². The molecule has 5 heteroatoms. The quantitative estimate of drug-likeness (QED) is 0.351. The van der Waals surface area contributed by atoms with Crippen molar-refractivity contribution in [3.8, 4) is 5.69 Å². The van der Waals surface area contributed by atoms with Gasteiger partial charge in [-0.3, -0.25) is 4.99 Å². The zero-order chi connectivity index (χ0) is 17.5. The first-order valence-corrected chi connectivity index (χ1v) is 7.74. The first-order valence-electron chi connectivity index (χ1n) is 7.74. The van der Waals surface area contributed by atoms with Crippen LogP contribution in [0.3, 0.4) is 0 Å². The molecule has 124 valence electrons. The van der Waals surface area contributed by atoms with Gasteiger partial charge in [-0.2, -0.15) is 5.10 Å². The van der Waals surface area contributed by atoms with Gasteiger partial charge in [-0.1, -0.05) is 18.2 Å². The maximum absolute atomic E-state index is 12.1. The van der Waals surface area contributed by atoms with E-state index in [0.717, 1.165) is 16.8 Å². The molecule has 5 nitrogen and oxygen atoms in total. The van der Waals surface area contributed by atoms with Crippen LogP contribution in [-0.4, -0.2) is 29.1 Å². The van der Waals surface area contributed by atoms with Gasteiger partial charge in [0, 0.05) is 18.0 Å². The Bertz CT molecular complexity index is 769. The first-order chi connectivity index (χ1) is 11.6. The molecular formula is C19H21N3O2. The Balaban J connectivity index is 2.39. The van der Waals surface area contributed by atoms with Crippen molar-refractivity contribution < 1.29 is 9.53 Å². The van der Waals surface area contributed by atoms with Crippen LogP contribution in [-0.2, 0) is 9.53 Å². The predicted octanol–water partition coefficient (Wildman–Crippen LogP) is 3.81. The van der Waals surface area contributed by atoms with Crippen LogP contribution in [0.2, 0.25) is 0 Å². The molecule has 1 heterocycles. The Labute approximate surface area is 142 Å². The number of nitrogens with zero attached hydrogens (tertiary/aromatic N) is 3. The molecule has 0 unspecified atom stereocenters. The van der Waals surface area contributed by atoms with Crippen LogP contribution >= 0.6 is 0 Å². The largest absolute Gasteiger partial charge is 0.462 e. The smallest absolute Gasteiger partial charge is 0.338 e. The second-order valence-corrected chi connectivity index (χ2v) is 5.05. The number of rotatable bonds is 6. The van der Waals surface area contributed by atoms with Gasteiger partial charge < -0.3 is 4.74 Å². The molecule has 1 aromatic carbocycles. The summed E-state index contributed by atoms with van der Waals surface area (Å²) in [5.41, 5.74) is 3.71. The summed E-state index contributed by atoms with van der Waals surface area (Å²) in [6.07, 6.45) is 5.34. The molecule has 0 aliphatic heterocycles. The van der Waals surface area contributed by atoms with Crippen LogP contribution in [0, 0.1) is 0 Å². The molecule has 0 aliphatic carbocycles. The Kier molecular flexibility index (Phi) is 5.84. The Hall–Kier alpha value is -2.95. The second-order valence-electron chi connectivity index (χ2n) is 5.05. The van der Waals surface area contributed by atoms with Gasteiger partial charge in [0.05, 0.1) is 23.6 Å². The molecule has 1 aromatic heterocycles. The number of carbonyl (C=O) groups is 1. The molecule has 0 saturated heterocycles. The van der Waals surface area contributed by atoms with Crippen LogP contribution in [0.15, 0.2) is 64.9 Å². The number of hydrogen-bond acceptors (Lipinski definition) is 4. The molecule has 2 rings (SSSR count). The van der Waals surface area contributed by atoms with Gasteiger partial charge in [-0.25, -0.2) is 9.48 Å². The maximum Gasteiger partial charge on any atom is 0.338 e. The fourth-order valence-electron chi connectivity index (χ4n) is 2.44. The van der Waals surface area contributed by atoms with Crippen LogP contribution in [0.25, 0.3) is 11.4 Å². The molecular weight excluding hydrogens is 302 g/mol. The molecule has 0 atom stereocenters. The zero-order valence-electron chi connectivity index (χ0n) is 14.2. The zero-order valence-corrected chi connectivity index (χ0v) is 14.2. The third-order valence-electron chi connectivity index (χ3n) is 3.61. The summed E-state index contributed by atoms with van der Waals surface area (Å²) in [4.78, 5) is 16.2. The molecule has 0 aliphatic rings. The Morgan fingerprint density at radius 3 is 2.58 bits per heavy atom. The highest BCUT2D eigenvalue weighted by molar-refractivity contribution is 5.96. The summed E-state index contributed by atoms with van der Waals surface area (Å²) < 4.78 is 6.87. The topological polar surface area (TPSA) is 56.5 Å². The minimum absolute atomic E-state index is 0.332. The highest BCUT2D eigenvalue weighted by atomic mass is 16.5. The fourth-order valence-corrected chi connectivity index (χ4v) is 2.44. The van der Waals surface area contributed by atoms with E-state index < -0.39 is 0 Å². The van der Waals surface area contributed by atoms with E-state index in [1.165, 1.54) is 0 Å². The lowest BCUT2D eigenvalue weighted by atomic mass is 10.0. The standard InChI is InChI=1S/C19H21N3O2/c1-5-17(19(23)24-6-2)14(3)18(20-4)15-8-10-16(11-9-15)22-13-7-12-21-22/h5,7-13H,4,6H2,1-3H3. The van der Waals surface area contributed by atoms with E-state index in [1.807, 2.05) is 43.5 Å². The average Bonchev–Trinajstić information content (AvgIpc) is 3.11. The van der Waals surface area contributed by atoms with E-state index in [2.05, 4.69) is 16.8 Å². The van der Waals surface area contributed by atoms with Gasteiger partial charge in [-0.05, 0) is 51.3 Å². The lowest BCUT2D eigenvalue weighted by molar-refractivity contribution is -0.138. The minimum Gasteiger partial charge on any atom is -0.462 e. The molecule has 0 bridgehead atoms. The van der Waals surface area contributed by atoms with E-state index in [-0.39, 0.29) is 5.97 Å². The van der Waals surface area contributed by atoms with Crippen LogP contribution in [0.1, 0.15) is 26.3 Å². The molecule has 0 saturated carbocycles. The lowest BCUT2D eigenvalue weighted by Crippen LogP contribution is -2.09. The van der Waals surface area contributed by atoms with E-state index >= 15 is 0 Å². The summed E-state index contributed by atoms with van der Waals surface area (Å²) >= 11 is 0. The van der Waals surface area contributed by atoms with Crippen molar-refractivity contribution >= 4 is 18.4 Å². The molecule has 0 amide bonds. The second kappa shape index (κ2) is 8.06. The maximum atomic E-state index is 12.1. The number of allylic oxidation sites excluding steroid dienone is 1. The van der Waals surface area contributed by atoms with Crippen LogP contribution < -0.4 is 0 Å². The van der Waals surface area contributed by atoms with E-state index in [0.29, 0.717) is 17.9 Å². The third-order valence-corrected chi connectivity index (χ3v) is 3.61. The van der Waals surface area contributed by atoms with Gasteiger partial charge in [0.15, 0.2) is 0 Å². The molecule has 24 heavy (non-hydrogen) atoms. The number of aliphatic imine (C=N–C) groups is 1. The van der Waals surface area contributed by atoms with Crippen LogP contribution in [0.5, 0.6) is 0 Å². The molecule has 0 spiro atoms. The number of benzene rings is 1. The Morgan fingerprint density at radius 1 is 1.38 bits per heavy atom. The van der Waals surface area contributed by atoms with E-state index in [9.17, 15) is 4.79 Å². The highest BCUT2D eigenvalue weighted by Crippen LogP contribution is 2.26. The predicted molar refractivity (Wildman–Crippen MR) is 96.1 cm³/mol. The average molecular weight is 323 g/mol. The van der Waals surface area contributed by atoms with Crippen LogP contribution in [0.4, 0.5) is 0 Å². The minimum atomic E-state index is -0.355. The first kappa shape index (κ1) is 17.4. The van der Waals surface area contributed by atoms with Crippen molar-refractivity contribution in [1.29, 1.82) is 0 Å². The fraction of sp³-hybridized carbons (Fsp3) is 0.211. The van der Waals surface area contributed by atoms with E-state index in [1.54, 1.807) is 30.8 Å². The summed E-state index contributed by atoms with van der Waals surface area (Å²) in [7, 11) is 0. The summed E-state index contributed by atoms with van der Waals surface area (Å²) in [5, 5.41) is 4.20. The summed E-state index contributed by atoms with van der Waals surface area (Å²) in [5.74, 6) is -0.355. The van der Waals surface area contributed by atoms with Gasteiger partial charge >= 0.3 is 5.97 Å². The lowest BCUT2D eigenvalue weighted by Gasteiger charge is -2.12. The van der Waals surface area contributed by atoms with Crippen molar-refractivity contribution in [3.05, 3.63) is 65.5 Å². The summed E-state index contributed by atoms with van der Waals surface area (Å²) in [6.45, 7) is 9.41. The third kappa shape index (κ3) is 3.68. The number of carbonyl (C=O) groups excluding carboxylic acids is 1. The van der Waals surface area contributed by atoms with Crippen molar-refractivity contribution in [3.63, 3.8) is 0 Å². The van der Waals surface area contributed by atoms with Crippen molar-refractivity contribution in [2.45, 2.75) is 20.8 Å². The molecule has 0 N–H and O–H groups in total.